The second-order valence-electron chi connectivity index (χ2n) is 7.33. The van der Waals surface area contributed by atoms with E-state index < -0.39 is 0 Å². The number of methoxy groups -OCH3 is 1. The van der Waals surface area contributed by atoms with Crippen LogP contribution in [0.1, 0.15) is 44.1 Å². The minimum Gasteiger partial charge on any atom is -0.504 e. The van der Waals surface area contributed by atoms with Gasteiger partial charge in [-0.05, 0) is 80.0 Å². The molecule has 0 aromatic heterocycles. The highest BCUT2D eigenvalue weighted by atomic mass is 16.5. The Bertz CT molecular complexity index is 543. The quantitative estimate of drug-likeness (QED) is 0.859. The van der Waals surface area contributed by atoms with Crippen LogP contribution in [0, 0.1) is 17.8 Å². The average molecular weight is 285 g/mol. The van der Waals surface area contributed by atoms with Gasteiger partial charge >= 0.3 is 0 Å². The molecule has 112 valence electrons. The Labute approximate surface area is 126 Å². The first-order chi connectivity index (χ1) is 10.2. The second-order valence-corrected chi connectivity index (χ2v) is 7.33. The summed E-state index contributed by atoms with van der Waals surface area (Å²) >= 11 is 0. The molecule has 4 fully saturated rings. The van der Waals surface area contributed by atoms with Crippen molar-refractivity contribution in [2.24, 2.45) is 22.7 Å². The van der Waals surface area contributed by atoms with Crippen LogP contribution in [-0.4, -0.2) is 24.0 Å². The topological polar surface area (TPSA) is 41.8 Å². The van der Waals surface area contributed by atoms with Crippen LogP contribution in [0.15, 0.2) is 23.2 Å². The van der Waals surface area contributed by atoms with E-state index in [1.54, 1.807) is 19.2 Å². The van der Waals surface area contributed by atoms with Crippen molar-refractivity contribution < 1.29 is 9.84 Å². The molecule has 0 spiro atoms. The molecule has 1 aromatic rings. The fraction of sp³-hybridized carbons (Fsp3) is 0.611. The van der Waals surface area contributed by atoms with Crippen molar-refractivity contribution in [3.63, 3.8) is 0 Å². The van der Waals surface area contributed by atoms with Crippen molar-refractivity contribution in [2.75, 3.05) is 7.11 Å². The zero-order valence-electron chi connectivity index (χ0n) is 12.6. The van der Waals surface area contributed by atoms with Gasteiger partial charge in [0.1, 0.15) is 0 Å². The molecule has 4 aliphatic carbocycles. The SMILES string of the molecule is COc1ccc(C=NC23CC4CC(CC(C4)C2)C3)cc1O. The largest absolute Gasteiger partial charge is 0.504 e. The number of hydrogen-bond donors (Lipinski definition) is 1. The van der Waals surface area contributed by atoms with Gasteiger partial charge in [0.05, 0.1) is 12.6 Å². The molecule has 0 unspecified atom stereocenters. The van der Waals surface area contributed by atoms with Crippen molar-refractivity contribution in [3.05, 3.63) is 23.8 Å². The lowest BCUT2D eigenvalue weighted by Gasteiger charge is -2.54. The van der Waals surface area contributed by atoms with Crippen molar-refractivity contribution >= 4 is 6.21 Å². The van der Waals surface area contributed by atoms with Gasteiger partial charge in [0.2, 0.25) is 0 Å². The minimum absolute atomic E-state index is 0.187. The average Bonchev–Trinajstić information content (AvgIpc) is 2.44. The Balaban J connectivity index is 1.56. The molecule has 5 rings (SSSR count). The van der Waals surface area contributed by atoms with Gasteiger partial charge in [-0.1, -0.05) is 0 Å². The molecule has 4 bridgehead atoms. The first-order valence-corrected chi connectivity index (χ1v) is 8.08. The molecular weight excluding hydrogens is 262 g/mol. The van der Waals surface area contributed by atoms with Crippen LogP contribution in [-0.2, 0) is 0 Å². The van der Waals surface area contributed by atoms with E-state index in [0.29, 0.717) is 5.75 Å². The number of nitrogens with zero attached hydrogens (tertiary/aromatic N) is 1. The van der Waals surface area contributed by atoms with E-state index in [2.05, 4.69) is 0 Å². The normalized spacial score (nSPS) is 37.3. The lowest BCUT2D eigenvalue weighted by Crippen LogP contribution is -2.49. The highest BCUT2D eigenvalue weighted by Crippen LogP contribution is 2.57. The molecule has 1 aromatic carbocycles. The molecule has 21 heavy (non-hydrogen) atoms. The van der Waals surface area contributed by atoms with Crippen molar-refractivity contribution in [2.45, 2.75) is 44.1 Å². The maximum absolute atomic E-state index is 9.87. The van der Waals surface area contributed by atoms with Crippen molar-refractivity contribution in [1.29, 1.82) is 0 Å². The van der Waals surface area contributed by atoms with Gasteiger partial charge in [-0.2, -0.15) is 0 Å². The fourth-order valence-electron chi connectivity index (χ4n) is 5.22. The fourth-order valence-corrected chi connectivity index (χ4v) is 5.22. The van der Waals surface area contributed by atoms with E-state index >= 15 is 0 Å². The van der Waals surface area contributed by atoms with Crippen molar-refractivity contribution in [1.82, 2.24) is 0 Å². The molecule has 1 N–H and O–H groups in total. The number of phenolic OH excluding ortho intramolecular Hbond substituents is 1. The van der Waals surface area contributed by atoms with Gasteiger partial charge in [-0.3, -0.25) is 4.99 Å². The smallest absolute Gasteiger partial charge is 0.160 e. The number of ether oxygens (including phenoxy) is 1. The summed E-state index contributed by atoms with van der Waals surface area (Å²) < 4.78 is 5.08. The monoisotopic (exact) mass is 285 g/mol. The first-order valence-electron chi connectivity index (χ1n) is 8.08. The summed E-state index contributed by atoms with van der Waals surface area (Å²) in [5.74, 6) is 3.45. The van der Waals surface area contributed by atoms with Crippen LogP contribution in [0.2, 0.25) is 0 Å². The van der Waals surface area contributed by atoms with E-state index in [9.17, 15) is 5.11 Å². The highest BCUT2D eigenvalue weighted by molar-refractivity contribution is 5.81. The van der Waals surface area contributed by atoms with E-state index in [4.69, 9.17) is 9.73 Å². The molecule has 3 nitrogen and oxygen atoms in total. The summed E-state index contributed by atoms with van der Waals surface area (Å²) in [5.41, 5.74) is 1.16. The highest BCUT2D eigenvalue weighted by Gasteiger charge is 2.50. The van der Waals surface area contributed by atoms with Gasteiger partial charge in [0.25, 0.3) is 0 Å². The van der Waals surface area contributed by atoms with Gasteiger partial charge in [0, 0.05) is 6.21 Å². The van der Waals surface area contributed by atoms with E-state index in [1.165, 1.54) is 38.5 Å². The lowest BCUT2D eigenvalue weighted by molar-refractivity contribution is 0.00195. The number of rotatable bonds is 3. The second kappa shape index (κ2) is 4.75. The third-order valence-electron chi connectivity index (χ3n) is 5.70. The standard InChI is InChI=1S/C18H23NO2/c1-21-17-3-2-12(7-16(17)20)11-19-18-8-13-4-14(9-18)6-15(5-13)10-18/h2-3,7,11,13-15,20H,4-6,8-10H2,1H3. The lowest BCUT2D eigenvalue weighted by atomic mass is 9.53. The molecule has 0 heterocycles. The minimum atomic E-state index is 0.187. The molecule has 3 heteroatoms. The Hall–Kier alpha value is -1.51. The number of aromatic hydroxyl groups is 1. The zero-order chi connectivity index (χ0) is 14.4. The molecule has 4 aliphatic rings. The summed E-state index contributed by atoms with van der Waals surface area (Å²) in [5, 5.41) is 9.87. The molecule has 0 amide bonds. The van der Waals surface area contributed by atoms with E-state index in [-0.39, 0.29) is 11.3 Å². The van der Waals surface area contributed by atoms with Gasteiger partial charge in [-0.25, -0.2) is 0 Å². The van der Waals surface area contributed by atoms with Gasteiger partial charge in [-0.15, -0.1) is 0 Å². The summed E-state index contributed by atoms with van der Waals surface area (Å²) in [6.07, 6.45) is 10.1. The predicted molar refractivity (Wildman–Crippen MR) is 83.2 cm³/mol. The van der Waals surface area contributed by atoms with Gasteiger partial charge in [0.15, 0.2) is 11.5 Å². The Morgan fingerprint density at radius 1 is 1.14 bits per heavy atom. The molecule has 4 saturated carbocycles. The molecule has 0 saturated heterocycles. The van der Waals surface area contributed by atoms with Crippen LogP contribution in [0.3, 0.4) is 0 Å². The molecule has 0 radical (unpaired) electrons. The first kappa shape index (κ1) is 13.2. The summed E-state index contributed by atoms with van der Waals surface area (Å²) in [6, 6.07) is 5.50. The van der Waals surface area contributed by atoms with Crippen LogP contribution < -0.4 is 4.74 Å². The number of benzene rings is 1. The summed E-state index contributed by atoms with van der Waals surface area (Å²) in [4.78, 5) is 5.01. The predicted octanol–water partition coefficient (Wildman–Crippen LogP) is 3.79. The van der Waals surface area contributed by atoms with Crippen LogP contribution in [0.25, 0.3) is 0 Å². The van der Waals surface area contributed by atoms with Crippen LogP contribution >= 0.6 is 0 Å². The maximum atomic E-state index is 9.87. The Morgan fingerprint density at radius 3 is 2.29 bits per heavy atom. The number of phenols is 1. The maximum Gasteiger partial charge on any atom is 0.160 e. The molecule has 0 aliphatic heterocycles. The summed E-state index contributed by atoms with van der Waals surface area (Å²) in [7, 11) is 1.57. The molecule has 0 atom stereocenters. The zero-order valence-corrected chi connectivity index (χ0v) is 12.6. The third-order valence-corrected chi connectivity index (χ3v) is 5.70. The van der Waals surface area contributed by atoms with Crippen LogP contribution in [0.4, 0.5) is 0 Å². The number of hydrogen-bond acceptors (Lipinski definition) is 3. The summed E-state index contributed by atoms with van der Waals surface area (Å²) in [6.45, 7) is 0. The third kappa shape index (κ3) is 2.33. The van der Waals surface area contributed by atoms with E-state index in [0.717, 1.165) is 23.3 Å². The van der Waals surface area contributed by atoms with E-state index in [1.807, 2.05) is 12.3 Å². The Morgan fingerprint density at radius 2 is 1.76 bits per heavy atom. The Kier molecular flexibility index (Phi) is 2.98. The van der Waals surface area contributed by atoms with Crippen molar-refractivity contribution in [3.8, 4) is 11.5 Å². The number of aliphatic imine (C=N–C) groups is 1. The van der Waals surface area contributed by atoms with Crippen LogP contribution in [0.5, 0.6) is 11.5 Å². The van der Waals surface area contributed by atoms with Gasteiger partial charge < -0.3 is 9.84 Å². The molecular formula is C18H23NO2.